The Morgan fingerprint density at radius 1 is 1.15 bits per heavy atom. The Morgan fingerprint density at radius 2 is 2.00 bits per heavy atom. The minimum Gasteiger partial charge on any atom is -0.489 e. The van der Waals surface area contributed by atoms with E-state index in [1.165, 1.54) is 29.3 Å². The molecule has 0 bridgehead atoms. The summed E-state index contributed by atoms with van der Waals surface area (Å²) in [4.78, 5) is 34.5. The third-order valence-electron chi connectivity index (χ3n) is 11.6. The predicted molar refractivity (Wildman–Crippen MR) is 177 cm³/mol. The fourth-order valence-electron chi connectivity index (χ4n) is 9.19. The van der Waals surface area contributed by atoms with Crippen LogP contribution in [0.4, 0.5) is 5.69 Å². The van der Waals surface area contributed by atoms with Gasteiger partial charge in [0.2, 0.25) is 11.8 Å². The first kappa shape index (κ1) is 33.4. The maximum atomic E-state index is 11.8. The summed E-state index contributed by atoms with van der Waals surface area (Å²) in [5, 5.41) is 14.7. The van der Waals surface area contributed by atoms with E-state index in [0.717, 1.165) is 70.8 Å². The first-order valence-electron chi connectivity index (χ1n) is 17.5. The fourth-order valence-corrected chi connectivity index (χ4v) is 9.19. The summed E-state index contributed by atoms with van der Waals surface area (Å²) in [7, 11) is 0. The number of nitrogens with zero attached hydrogens (tertiary/aromatic N) is 1. The lowest BCUT2D eigenvalue weighted by Crippen LogP contribution is -2.47. The normalized spacial score (nSPS) is 29.7. The van der Waals surface area contributed by atoms with Crippen LogP contribution in [0.5, 0.6) is 5.75 Å². The molecule has 10 nitrogen and oxygen atoms in total. The van der Waals surface area contributed by atoms with Gasteiger partial charge in [0.25, 0.3) is 5.69 Å². The van der Waals surface area contributed by atoms with E-state index in [2.05, 4.69) is 24.4 Å². The number of ether oxygens (including phenoxy) is 3. The summed E-state index contributed by atoms with van der Waals surface area (Å²) in [6, 6.07) is 10.5. The third-order valence-corrected chi connectivity index (χ3v) is 11.6. The zero-order valence-electron chi connectivity index (χ0n) is 27.7. The second-order valence-electron chi connectivity index (χ2n) is 14.3. The van der Waals surface area contributed by atoms with Crippen LogP contribution in [0.3, 0.4) is 0 Å². The lowest BCUT2D eigenvalue weighted by atomic mass is 9.55. The molecule has 1 saturated heterocycles. The van der Waals surface area contributed by atoms with Crippen LogP contribution in [0.2, 0.25) is 0 Å². The molecule has 10 heteroatoms. The van der Waals surface area contributed by atoms with Gasteiger partial charge in [-0.25, -0.2) is 0 Å². The lowest BCUT2D eigenvalue weighted by molar-refractivity contribution is -0.385. The highest BCUT2D eigenvalue weighted by Crippen LogP contribution is 2.64. The molecular weight excluding hydrogens is 598 g/mol. The molecule has 1 heterocycles. The van der Waals surface area contributed by atoms with Gasteiger partial charge < -0.3 is 25.3 Å². The number of carbonyl (C=O) groups is 2. The Kier molecular flexibility index (Phi) is 10.2. The van der Waals surface area contributed by atoms with Crippen molar-refractivity contribution in [1.29, 1.82) is 0 Å². The van der Waals surface area contributed by atoms with Crippen LogP contribution < -0.4 is 15.8 Å². The molecule has 2 amide bonds. The van der Waals surface area contributed by atoms with E-state index in [1.54, 1.807) is 0 Å². The number of benzene rings is 2. The molecule has 1 unspecified atom stereocenters. The molecule has 1 aliphatic heterocycles. The van der Waals surface area contributed by atoms with Gasteiger partial charge in [-0.3, -0.25) is 19.7 Å². The van der Waals surface area contributed by atoms with Crippen molar-refractivity contribution < 1.29 is 28.7 Å². The summed E-state index contributed by atoms with van der Waals surface area (Å²) >= 11 is 0. The van der Waals surface area contributed by atoms with Gasteiger partial charge in [0.05, 0.1) is 16.6 Å². The minimum atomic E-state index is -0.705. The average Bonchev–Trinajstić information content (AvgIpc) is 3.36. The van der Waals surface area contributed by atoms with Crippen molar-refractivity contribution in [2.45, 2.75) is 109 Å². The van der Waals surface area contributed by atoms with Crippen LogP contribution in [-0.4, -0.2) is 42.3 Å². The van der Waals surface area contributed by atoms with Gasteiger partial charge in [-0.2, -0.15) is 0 Å². The van der Waals surface area contributed by atoms with E-state index in [-0.39, 0.29) is 41.6 Å². The van der Waals surface area contributed by atoms with E-state index in [9.17, 15) is 19.7 Å². The Hall–Kier alpha value is -3.50. The highest BCUT2D eigenvalue weighted by atomic mass is 16.7. The number of amides is 2. The molecule has 3 aliphatic carbocycles. The molecule has 3 N–H and O–H groups in total. The number of rotatable bonds is 12. The van der Waals surface area contributed by atoms with Gasteiger partial charge >= 0.3 is 0 Å². The Morgan fingerprint density at radius 3 is 2.74 bits per heavy atom. The first-order valence-corrected chi connectivity index (χ1v) is 17.5. The molecule has 0 aromatic heterocycles. The van der Waals surface area contributed by atoms with E-state index in [0.29, 0.717) is 48.0 Å². The molecule has 2 saturated carbocycles. The van der Waals surface area contributed by atoms with Crippen molar-refractivity contribution in [3.63, 3.8) is 0 Å². The van der Waals surface area contributed by atoms with Crippen LogP contribution in [0, 0.1) is 33.3 Å². The number of hydrogen-bond acceptors (Lipinski definition) is 7. The highest BCUT2D eigenvalue weighted by molar-refractivity contribution is 5.93. The highest BCUT2D eigenvalue weighted by Gasteiger charge is 2.59. The Bertz CT molecular complexity index is 1470. The molecule has 2 aromatic carbocycles. The summed E-state index contributed by atoms with van der Waals surface area (Å²) < 4.78 is 19.1. The number of nitro groups is 1. The van der Waals surface area contributed by atoms with Gasteiger partial charge in [-0.1, -0.05) is 19.9 Å². The summed E-state index contributed by atoms with van der Waals surface area (Å²) in [5.74, 6) is 2.18. The van der Waals surface area contributed by atoms with E-state index >= 15 is 0 Å². The molecule has 2 aromatic rings. The van der Waals surface area contributed by atoms with Crippen LogP contribution in [0.25, 0.3) is 0 Å². The molecule has 47 heavy (non-hydrogen) atoms. The average molecular weight is 648 g/mol. The molecule has 6 rings (SSSR count). The molecule has 0 spiro atoms. The number of fused-ring (bicyclic) bond motifs is 5. The summed E-state index contributed by atoms with van der Waals surface area (Å²) in [6.07, 6.45) is 11.3. The van der Waals surface area contributed by atoms with Gasteiger partial charge in [0.1, 0.15) is 12.4 Å². The van der Waals surface area contributed by atoms with Crippen molar-refractivity contribution in [2.75, 3.05) is 13.2 Å². The van der Waals surface area contributed by atoms with Crippen LogP contribution in [-0.2, 0) is 27.3 Å². The Labute approximate surface area is 277 Å². The molecule has 7 atom stereocenters. The number of aryl methyl sites for hydroxylation is 1. The van der Waals surface area contributed by atoms with Crippen molar-refractivity contribution in [1.82, 2.24) is 5.32 Å². The zero-order chi connectivity index (χ0) is 33.1. The standard InChI is InChI=1S/C37H49N3O7/c1-3-33(41)39-17-6-7-24-20-31-30-13-11-23-19-27(46-22-26-10-9-25(36(38)42)21-32(26)40(43)44)12-14-28(23)29(30)15-16-37(31,2)35(24)47-34-8-4-5-18-45-34/h9-10,12,14,19,21,24,29-31,34-35H,3-8,11,13,15-18,20,22H2,1-2H3,(H2,38,42)(H,39,41)/t24-,29+,30+,31-,34?,35-,37-/m0/s1. The van der Waals surface area contributed by atoms with Crippen molar-refractivity contribution in [3.8, 4) is 5.75 Å². The first-order chi connectivity index (χ1) is 22.7. The number of carbonyl (C=O) groups excluding carboxylic acids is 2. The maximum Gasteiger partial charge on any atom is 0.276 e. The van der Waals surface area contributed by atoms with Gasteiger partial charge in [-0.05, 0) is 129 Å². The van der Waals surface area contributed by atoms with Gasteiger partial charge in [0.15, 0.2) is 6.29 Å². The number of primary amides is 1. The van der Waals surface area contributed by atoms with Crippen LogP contribution in [0.1, 0.15) is 111 Å². The van der Waals surface area contributed by atoms with Crippen molar-refractivity contribution in [2.24, 2.45) is 28.9 Å². The van der Waals surface area contributed by atoms with Crippen molar-refractivity contribution >= 4 is 17.5 Å². The molecular formula is C37H49N3O7. The summed E-state index contributed by atoms with van der Waals surface area (Å²) in [5.41, 5.74) is 8.44. The van der Waals surface area contributed by atoms with E-state index in [4.69, 9.17) is 19.9 Å². The lowest BCUT2D eigenvalue weighted by Gasteiger charge is -2.51. The number of nitrogens with two attached hydrogens (primary N) is 1. The van der Waals surface area contributed by atoms with E-state index < -0.39 is 10.8 Å². The molecule has 254 valence electrons. The third kappa shape index (κ3) is 7.04. The summed E-state index contributed by atoms with van der Waals surface area (Å²) in [6.45, 7) is 5.88. The second-order valence-corrected chi connectivity index (χ2v) is 14.3. The smallest absolute Gasteiger partial charge is 0.276 e. The van der Waals surface area contributed by atoms with Gasteiger partial charge in [0, 0.05) is 31.2 Å². The maximum absolute atomic E-state index is 11.8. The number of hydrogen-bond donors (Lipinski definition) is 2. The predicted octanol–water partition coefficient (Wildman–Crippen LogP) is 6.57. The second kappa shape index (κ2) is 14.3. The number of nitrogens with one attached hydrogen (secondary N) is 1. The fraction of sp³-hybridized carbons (Fsp3) is 0.622. The number of nitro benzene ring substituents is 1. The largest absolute Gasteiger partial charge is 0.489 e. The zero-order valence-corrected chi connectivity index (χ0v) is 27.7. The van der Waals surface area contributed by atoms with Gasteiger partial charge in [-0.15, -0.1) is 0 Å². The van der Waals surface area contributed by atoms with Crippen molar-refractivity contribution in [3.05, 3.63) is 68.8 Å². The van der Waals surface area contributed by atoms with Crippen LogP contribution >= 0.6 is 0 Å². The topological polar surface area (TPSA) is 143 Å². The SMILES string of the molecule is CCC(=O)NCCC[C@H]1C[C@H]2[C@@H]3CCc4cc(OCc5ccc(C(N)=O)cc5[N+](=O)[O-])ccc4[C@H]3CC[C@]2(C)[C@H]1OC1CCCCO1. The molecule has 4 aliphatic rings. The Balaban J connectivity index is 1.16. The monoisotopic (exact) mass is 647 g/mol. The molecule has 3 fully saturated rings. The quantitative estimate of drug-likeness (QED) is 0.151. The molecule has 0 radical (unpaired) electrons. The van der Waals surface area contributed by atoms with Crippen LogP contribution in [0.15, 0.2) is 36.4 Å². The minimum absolute atomic E-state index is 0.0240. The van der Waals surface area contributed by atoms with E-state index in [1.807, 2.05) is 13.0 Å².